The first-order valence-corrected chi connectivity index (χ1v) is 9.10. The fourth-order valence-electron chi connectivity index (χ4n) is 4.22. The van der Waals surface area contributed by atoms with Crippen molar-refractivity contribution in [2.24, 2.45) is 0 Å². The molecule has 132 valence electrons. The van der Waals surface area contributed by atoms with Gasteiger partial charge in [-0.15, -0.1) is 0 Å². The number of urea groups is 1. The summed E-state index contributed by atoms with van der Waals surface area (Å²) in [7, 11) is 0. The van der Waals surface area contributed by atoms with Crippen molar-refractivity contribution in [3.8, 4) is 0 Å². The van der Waals surface area contributed by atoms with Crippen LogP contribution in [0.3, 0.4) is 0 Å². The van der Waals surface area contributed by atoms with E-state index in [-0.39, 0.29) is 12.1 Å². The number of carbonyl (C=O) groups is 1. The topological polar surface area (TPSA) is 57.5 Å². The van der Waals surface area contributed by atoms with E-state index in [9.17, 15) is 4.79 Å². The summed E-state index contributed by atoms with van der Waals surface area (Å²) < 4.78 is 5.51. The minimum absolute atomic E-state index is 0.104. The fourth-order valence-corrected chi connectivity index (χ4v) is 4.22. The van der Waals surface area contributed by atoms with E-state index in [1.54, 1.807) is 6.26 Å². The highest BCUT2D eigenvalue weighted by molar-refractivity contribution is 5.89. The third-order valence-electron chi connectivity index (χ3n) is 5.45. The van der Waals surface area contributed by atoms with Crippen molar-refractivity contribution in [2.45, 2.75) is 57.3 Å². The normalized spacial score (nSPS) is 25.7. The predicted molar refractivity (Wildman–Crippen MR) is 97.4 cm³/mol. The Morgan fingerprint density at radius 2 is 1.88 bits per heavy atom. The number of carbonyl (C=O) groups excluding carboxylic acids is 1. The number of benzene rings is 1. The van der Waals surface area contributed by atoms with Crippen molar-refractivity contribution in [3.05, 3.63) is 54.0 Å². The number of nitrogens with zero attached hydrogens (tertiary/aromatic N) is 1. The Kier molecular flexibility index (Phi) is 4.49. The molecule has 1 aromatic carbocycles. The summed E-state index contributed by atoms with van der Waals surface area (Å²) >= 11 is 0. The molecule has 2 aliphatic rings. The van der Waals surface area contributed by atoms with Crippen LogP contribution in [-0.4, -0.2) is 29.1 Å². The van der Waals surface area contributed by atoms with Crippen molar-refractivity contribution < 1.29 is 9.21 Å². The van der Waals surface area contributed by atoms with Crippen molar-refractivity contribution in [3.63, 3.8) is 0 Å². The average molecular weight is 339 g/mol. The number of anilines is 1. The van der Waals surface area contributed by atoms with Crippen LogP contribution in [0.5, 0.6) is 0 Å². The van der Waals surface area contributed by atoms with Crippen molar-refractivity contribution in [2.75, 3.05) is 5.32 Å². The SMILES string of the molecule is Cc1ccc(NC(=O)NC2C[C@H]3CC[C@H](C2)N3Cc2ccco2)cc1. The molecule has 2 aliphatic heterocycles. The maximum Gasteiger partial charge on any atom is 0.319 e. The van der Waals surface area contributed by atoms with Crippen LogP contribution in [0.4, 0.5) is 10.5 Å². The molecule has 2 atom stereocenters. The molecule has 25 heavy (non-hydrogen) atoms. The summed E-state index contributed by atoms with van der Waals surface area (Å²) in [6, 6.07) is 13.1. The molecule has 5 nitrogen and oxygen atoms in total. The highest BCUT2D eigenvalue weighted by Gasteiger charge is 2.41. The second kappa shape index (κ2) is 6.92. The Labute approximate surface area is 148 Å². The van der Waals surface area contributed by atoms with Gasteiger partial charge in [0.1, 0.15) is 5.76 Å². The molecule has 2 bridgehead atoms. The highest BCUT2D eigenvalue weighted by Crippen LogP contribution is 2.36. The third kappa shape index (κ3) is 3.71. The minimum atomic E-state index is -0.104. The van der Waals surface area contributed by atoms with Gasteiger partial charge in [0.2, 0.25) is 0 Å². The van der Waals surface area contributed by atoms with E-state index in [1.165, 1.54) is 18.4 Å². The Balaban J connectivity index is 1.31. The van der Waals surface area contributed by atoms with Crippen LogP contribution >= 0.6 is 0 Å². The van der Waals surface area contributed by atoms with E-state index < -0.39 is 0 Å². The zero-order chi connectivity index (χ0) is 17.2. The van der Waals surface area contributed by atoms with E-state index >= 15 is 0 Å². The zero-order valence-electron chi connectivity index (χ0n) is 14.6. The molecule has 1 aromatic heterocycles. The lowest BCUT2D eigenvalue weighted by Crippen LogP contribution is -2.50. The quantitative estimate of drug-likeness (QED) is 0.888. The Morgan fingerprint density at radius 1 is 1.16 bits per heavy atom. The number of fused-ring (bicyclic) bond motifs is 2. The maximum atomic E-state index is 12.3. The Bertz CT molecular complexity index is 697. The van der Waals surface area contributed by atoms with Crippen LogP contribution in [0.1, 0.15) is 37.0 Å². The molecular weight excluding hydrogens is 314 g/mol. The number of nitrogens with one attached hydrogen (secondary N) is 2. The average Bonchev–Trinajstić information content (AvgIpc) is 3.17. The molecule has 5 heteroatoms. The largest absolute Gasteiger partial charge is 0.468 e. The van der Waals surface area contributed by atoms with Gasteiger partial charge in [-0.25, -0.2) is 4.79 Å². The van der Waals surface area contributed by atoms with Crippen molar-refractivity contribution in [1.29, 1.82) is 0 Å². The standard InChI is InChI=1S/C20H25N3O2/c1-14-4-6-15(7-5-14)21-20(24)22-16-11-17-8-9-18(12-16)23(17)13-19-3-2-10-25-19/h2-7,10,16-18H,8-9,11-13H2,1H3,(H2,21,22,24)/t17-,18-/m1/s1. The van der Waals surface area contributed by atoms with Gasteiger partial charge in [0.15, 0.2) is 0 Å². The maximum absolute atomic E-state index is 12.3. The predicted octanol–water partition coefficient (Wildman–Crippen LogP) is 3.91. The fraction of sp³-hybridized carbons (Fsp3) is 0.450. The lowest BCUT2D eigenvalue weighted by Gasteiger charge is -2.38. The molecule has 0 saturated carbocycles. The van der Waals surface area contributed by atoms with Gasteiger partial charge in [-0.3, -0.25) is 4.90 Å². The van der Waals surface area contributed by atoms with E-state index in [0.29, 0.717) is 12.1 Å². The van der Waals surface area contributed by atoms with Crippen LogP contribution in [0.15, 0.2) is 47.1 Å². The number of aryl methyl sites for hydroxylation is 1. The second-order valence-corrected chi connectivity index (χ2v) is 7.27. The lowest BCUT2D eigenvalue weighted by molar-refractivity contribution is 0.104. The van der Waals surface area contributed by atoms with Crippen LogP contribution in [0, 0.1) is 6.92 Å². The van der Waals surface area contributed by atoms with Crippen LogP contribution in [0.2, 0.25) is 0 Å². The van der Waals surface area contributed by atoms with Gasteiger partial charge in [-0.05, 0) is 56.9 Å². The summed E-state index contributed by atoms with van der Waals surface area (Å²) in [4.78, 5) is 14.8. The molecule has 2 saturated heterocycles. The lowest BCUT2D eigenvalue weighted by atomic mass is 9.97. The van der Waals surface area contributed by atoms with Gasteiger partial charge in [0, 0.05) is 23.8 Å². The van der Waals surface area contributed by atoms with Crippen molar-refractivity contribution in [1.82, 2.24) is 10.2 Å². The van der Waals surface area contributed by atoms with Gasteiger partial charge >= 0.3 is 6.03 Å². The molecule has 2 fully saturated rings. The number of piperidine rings is 1. The van der Waals surface area contributed by atoms with Crippen LogP contribution < -0.4 is 10.6 Å². The molecular formula is C20H25N3O2. The molecule has 3 heterocycles. The number of rotatable bonds is 4. The molecule has 4 rings (SSSR count). The van der Waals surface area contributed by atoms with Gasteiger partial charge in [0.25, 0.3) is 0 Å². The zero-order valence-corrected chi connectivity index (χ0v) is 14.6. The summed E-state index contributed by atoms with van der Waals surface area (Å²) in [5.74, 6) is 1.03. The highest BCUT2D eigenvalue weighted by atomic mass is 16.3. The molecule has 0 spiro atoms. The smallest absolute Gasteiger partial charge is 0.319 e. The summed E-state index contributed by atoms with van der Waals surface area (Å²) in [6.07, 6.45) is 6.18. The van der Waals surface area contributed by atoms with Crippen molar-refractivity contribution >= 4 is 11.7 Å². The summed E-state index contributed by atoms with van der Waals surface area (Å²) in [5.41, 5.74) is 2.02. The minimum Gasteiger partial charge on any atom is -0.468 e. The monoisotopic (exact) mass is 339 g/mol. The molecule has 2 aromatic rings. The van der Waals surface area contributed by atoms with E-state index in [1.807, 2.05) is 43.3 Å². The molecule has 2 N–H and O–H groups in total. The second-order valence-electron chi connectivity index (χ2n) is 7.27. The first-order chi connectivity index (χ1) is 12.2. The number of amides is 2. The number of furan rings is 1. The number of hydrogen-bond donors (Lipinski definition) is 2. The third-order valence-corrected chi connectivity index (χ3v) is 5.45. The van der Waals surface area contributed by atoms with E-state index in [4.69, 9.17) is 4.42 Å². The Morgan fingerprint density at radius 3 is 2.52 bits per heavy atom. The summed E-state index contributed by atoms with van der Waals surface area (Å²) in [6.45, 7) is 2.92. The van der Waals surface area contributed by atoms with Crippen LogP contribution in [-0.2, 0) is 6.54 Å². The first kappa shape index (κ1) is 16.2. The molecule has 0 radical (unpaired) electrons. The van der Waals surface area contributed by atoms with Gasteiger partial charge < -0.3 is 15.1 Å². The van der Waals surface area contributed by atoms with Crippen LogP contribution in [0.25, 0.3) is 0 Å². The van der Waals surface area contributed by atoms with E-state index in [2.05, 4.69) is 15.5 Å². The van der Waals surface area contributed by atoms with Gasteiger partial charge in [-0.1, -0.05) is 17.7 Å². The molecule has 0 unspecified atom stereocenters. The molecule has 0 aliphatic carbocycles. The van der Waals surface area contributed by atoms with E-state index in [0.717, 1.165) is 30.8 Å². The first-order valence-electron chi connectivity index (χ1n) is 9.10. The summed E-state index contributed by atoms with van der Waals surface area (Å²) in [5, 5.41) is 6.10. The Hall–Kier alpha value is -2.27. The molecule has 2 amide bonds. The van der Waals surface area contributed by atoms with Gasteiger partial charge in [-0.2, -0.15) is 0 Å². The number of hydrogen-bond acceptors (Lipinski definition) is 3. The van der Waals surface area contributed by atoms with Gasteiger partial charge in [0.05, 0.1) is 12.8 Å².